The number of para-hydroxylation sites is 1. The quantitative estimate of drug-likeness (QED) is 0.496. The molecule has 0 fully saturated rings. The molecule has 0 saturated heterocycles. The Morgan fingerprint density at radius 3 is 2.63 bits per heavy atom. The van der Waals surface area contributed by atoms with Crippen molar-refractivity contribution < 1.29 is 10.2 Å². The minimum Gasteiger partial charge on any atom is -0.507 e. The minimum atomic E-state index is -0.281. The summed E-state index contributed by atoms with van der Waals surface area (Å²) in [7, 11) is 0. The third-order valence-corrected chi connectivity index (χ3v) is 3.25. The fourth-order valence-corrected chi connectivity index (χ4v) is 2.33. The molecule has 5 nitrogen and oxygen atoms in total. The number of aromatic hydroxyl groups is 2. The Kier molecular flexibility index (Phi) is 2.43. The van der Waals surface area contributed by atoms with E-state index in [9.17, 15) is 15.0 Å². The first-order valence-corrected chi connectivity index (χ1v) is 5.82. The number of hydrogen-bond donors (Lipinski definition) is 4. The summed E-state index contributed by atoms with van der Waals surface area (Å²) in [6, 6.07) is 8.15. The lowest BCUT2D eigenvalue weighted by Crippen LogP contribution is -2.08. The molecule has 3 aromatic rings. The fraction of sp³-hybridized carbons (Fsp3) is 0.0714. The summed E-state index contributed by atoms with van der Waals surface area (Å²) in [6.45, 7) is 0.0664. The number of phenols is 2. The van der Waals surface area contributed by atoms with Gasteiger partial charge in [0.05, 0.1) is 10.9 Å². The molecule has 0 saturated carbocycles. The number of nitrogens with one attached hydrogen (secondary N) is 1. The van der Waals surface area contributed by atoms with Gasteiger partial charge in [0.15, 0.2) is 0 Å². The molecular weight excluding hydrogens is 244 g/mol. The number of hydrogen-bond acceptors (Lipinski definition) is 4. The van der Waals surface area contributed by atoms with Crippen molar-refractivity contribution in [3.63, 3.8) is 0 Å². The van der Waals surface area contributed by atoms with E-state index < -0.39 is 0 Å². The fourth-order valence-electron chi connectivity index (χ4n) is 2.33. The zero-order valence-corrected chi connectivity index (χ0v) is 9.97. The van der Waals surface area contributed by atoms with Crippen molar-refractivity contribution in [3.05, 3.63) is 46.1 Å². The first-order chi connectivity index (χ1) is 9.13. The van der Waals surface area contributed by atoms with Gasteiger partial charge in [0, 0.05) is 29.1 Å². The lowest BCUT2D eigenvalue weighted by atomic mass is 10.0. The van der Waals surface area contributed by atoms with E-state index in [1.54, 1.807) is 24.3 Å². The molecule has 19 heavy (non-hydrogen) atoms. The van der Waals surface area contributed by atoms with Gasteiger partial charge in [-0.3, -0.25) is 4.79 Å². The Balaban J connectivity index is 2.65. The second-order valence-corrected chi connectivity index (χ2v) is 4.35. The molecule has 3 rings (SSSR count). The third kappa shape index (κ3) is 1.56. The number of aromatic amines is 1. The molecule has 0 aliphatic rings. The van der Waals surface area contributed by atoms with Gasteiger partial charge in [0.1, 0.15) is 11.5 Å². The number of fused-ring (bicyclic) bond motifs is 2. The largest absolute Gasteiger partial charge is 0.507 e. The molecule has 1 heterocycles. The molecule has 0 amide bonds. The summed E-state index contributed by atoms with van der Waals surface area (Å²) < 4.78 is 0. The van der Waals surface area contributed by atoms with Crippen molar-refractivity contribution in [3.8, 4) is 11.5 Å². The number of phenolic OH excluding ortho intramolecular Hbond substituents is 2. The lowest BCUT2D eigenvalue weighted by molar-refractivity contribution is 0.450. The molecule has 0 radical (unpaired) electrons. The average molecular weight is 256 g/mol. The van der Waals surface area contributed by atoms with Gasteiger partial charge in [-0.1, -0.05) is 12.1 Å². The standard InChI is InChI=1S/C14H12N2O3/c15-6-8-10(17)5-11(18)12-13(8)16-9-4-2-1-3-7(9)14(12)19/h1-5,17-18H,6,15H2,(H,16,19). The Morgan fingerprint density at radius 1 is 1.16 bits per heavy atom. The lowest BCUT2D eigenvalue weighted by Gasteiger charge is -2.10. The molecule has 1 aromatic heterocycles. The van der Waals surface area contributed by atoms with Crippen LogP contribution in [-0.4, -0.2) is 15.2 Å². The van der Waals surface area contributed by atoms with Crippen LogP contribution in [0.15, 0.2) is 35.1 Å². The van der Waals surface area contributed by atoms with Gasteiger partial charge < -0.3 is 20.9 Å². The number of rotatable bonds is 1. The highest BCUT2D eigenvalue weighted by Crippen LogP contribution is 2.32. The van der Waals surface area contributed by atoms with Crippen LogP contribution in [0.4, 0.5) is 0 Å². The normalized spacial score (nSPS) is 11.2. The van der Waals surface area contributed by atoms with Gasteiger partial charge in [0.2, 0.25) is 5.43 Å². The van der Waals surface area contributed by atoms with Gasteiger partial charge in [-0.2, -0.15) is 0 Å². The number of H-pyrrole nitrogens is 1. The molecule has 0 bridgehead atoms. The second kappa shape index (κ2) is 4.00. The van der Waals surface area contributed by atoms with Crippen LogP contribution in [0, 0.1) is 0 Å². The third-order valence-electron chi connectivity index (χ3n) is 3.25. The van der Waals surface area contributed by atoms with E-state index in [0.717, 1.165) is 6.07 Å². The van der Waals surface area contributed by atoms with Gasteiger partial charge >= 0.3 is 0 Å². The Bertz CT molecular complexity index is 853. The SMILES string of the molecule is NCc1c(O)cc(O)c2c(=O)c3ccccc3[nH]c12. The summed E-state index contributed by atoms with van der Waals surface area (Å²) in [4.78, 5) is 15.4. The highest BCUT2D eigenvalue weighted by molar-refractivity contribution is 5.98. The summed E-state index contributed by atoms with van der Waals surface area (Å²) in [5, 5.41) is 20.3. The van der Waals surface area contributed by atoms with E-state index in [1.165, 1.54) is 0 Å². The van der Waals surface area contributed by atoms with Crippen molar-refractivity contribution in [2.24, 2.45) is 5.73 Å². The topological polar surface area (TPSA) is 99.3 Å². The van der Waals surface area contributed by atoms with Crippen LogP contribution in [0.3, 0.4) is 0 Å². The predicted octanol–water partition coefficient (Wildman–Crippen LogP) is 1.55. The van der Waals surface area contributed by atoms with Gasteiger partial charge in [-0.15, -0.1) is 0 Å². The number of pyridine rings is 1. The van der Waals surface area contributed by atoms with Crippen LogP contribution in [-0.2, 0) is 6.54 Å². The van der Waals surface area contributed by atoms with Crippen LogP contribution >= 0.6 is 0 Å². The van der Waals surface area contributed by atoms with E-state index in [1.807, 2.05) is 0 Å². The van der Waals surface area contributed by atoms with E-state index in [4.69, 9.17) is 5.73 Å². The van der Waals surface area contributed by atoms with Crippen LogP contribution in [0.2, 0.25) is 0 Å². The predicted molar refractivity (Wildman–Crippen MR) is 73.3 cm³/mol. The van der Waals surface area contributed by atoms with Crippen LogP contribution in [0.25, 0.3) is 21.8 Å². The molecular formula is C14H12N2O3. The highest BCUT2D eigenvalue weighted by Gasteiger charge is 2.15. The van der Waals surface area contributed by atoms with Gasteiger partial charge in [-0.05, 0) is 12.1 Å². The smallest absolute Gasteiger partial charge is 0.200 e. The molecule has 5 N–H and O–H groups in total. The zero-order chi connectivity index (χ0) is 13.6. The molecule has 2 aromatic carbocycles. The molecule has 0 aliphatic carbocycles. The minimum absolute atomic E-state index is 0.0664. The van der Waals surface area contributed by atoms with Crippen LogP contribution in [0.5, 0.6) is 11.5 Å². The van der Waals surface area contributed by atoms with Crippen LogP contribution in [0.1, 0.15) is 5.56 Å². The average Bonchev–Trinajstić information content (AvgIpc) is 2.39. The first kappa shape index (κ1) is 11.6. The Morgan fingerprint density at radius 2 is 1.89 bits per heavy atom. The maximum absolute atomic E-state index is 12.4. The van der Waals surface area contributed by atoms with E-state index in [0.29, 0.717) is 22.0 Å². The van der Waals surface area contributed by atoms with Crippen LogP contribution < -0.4 is 11.2 Å². The maximum Gasteiger partial charge on any atom is 0.200 e. The van der Waals surface area contributed by atoms with Crippen molar-refractivity contribution in [1.82, 2.24) is 4.98 Å². The van der Waals surface area contributed by atoms with Crippen molar-refractivity contribution >= 4 is 21.8 Å². The molecule has 0 spiro atoms. The van der Waals surface area contributed by atoms with E-state index in [-0.39, 0.29) is 28.9 Å². The van der Waals surface area contributed by atoms with E-state index in [2.05, 4.69) is 4.98 Å². The molecule has 0 unspecified atom stereocenters. The summed E-state index contributed by atoms with van der Waals surface area (Å²) in [6.07, 6.45) is 0. The molecule has 0 aliphatic heterocycles. The van der Waals surface area contributed by atoms with E-state index >= 15 is 0 Å². The van der Waals surface area contributed by atoms with Crippen molar-refractivity contribution in [1.29, 1.82) is 0 Å². The number of nitrogens with two attached hydrogens (primary N) is 1. The van der Waals surface area contributed by atoms with Crippen molar-refractivity contribution in [2.75, 3.05) is 0 Å². The summed E-state index contributed by atoms with van der Waals surface area (Å²) in [5.74, 6) is -0.380. The summed E-state index contributed by atoms with van der Waals surface area (Å²) in [5.41, 5.74) is 6.75. The maximum atomic E-state index is 12.4. The van der Waals surface area contributed by atoms with Gasteiger partial charge in [-0.25, -0.2) is 0 Å². The Labute approximate surface area is 107 Å². The number of aromatic nitrogens is 1. The second-order valence-electron chi connectivity index (χ2n) is 4.35. The molecule has 5 heteroatoms. The Hall–Kier alpha value is -2.53. The molecule has 96 valence electrons. The zero-order valence-electron chi connectivity index (χ0n) is 9.97. The number of benzene rings is 2. The first-order valence-electron chi connectivity index (χ1n) is 5.82. The molecule has 0 atom stereocenters. The van der Waals surface area contributed by atoms with Gasteiger partial charge in [0.25, 0.3) is 0 Å². The summed E-state index contributed by atoms with van der Waals surface area (Å²) >= 11 is 0. The monoisotopic (exact) mass is 256 g/mol. The van der Waals surface area contributed by atoms with Crippen molar-refractivity contribution in [2.45, 2.75) is 6.54 Å². The highest BCUT2D eigenvalue weighted by atomic mass is 16.3.